The standard InChI is InChI=1S/C77H136O17P2/c1-5-9-13-17-21-25-29-33-35-39-41-45-49-53-57-61-74(79)87-67-72(93-76(81)63-59-55-51-47-43-37-31-27-23-19-15-11-7-3)69-91-95(83,84)89-65-71(78)66-90-96(85,86)92-70-73(94-77(82)64-60-56-52-48-44-38-32-28-24-20-16-12-8-4)68-88-75(80)62-58-54-50-46-42-40-36-34-30-26-22-18-14-10-6-2/h9,13,15,19,21,25,27-28,31-36,71-73,78H,5-8,10-12,14,16-18,20,22-24,26,29-30,37-70H2,1-4H3,(H,83,84)(H,85,86)/b13-9-,19-15-,25-21-,31-27-,32-28-,35-33-,36-34-. The monoisotopic (exact) mass is 1390 g/mol. The lowest BCUT2D eigenvalue weighted by molar-refractivity contribution is -0.161. The van der Waals surface area contributed by atoms with Crippen LogP contribution in [0.5, 0.6) is 0 Å². The molecule has 0 amide bonds. The minimum absolute atomic E-state index is 0.0752. The molecule has 0 saturated heterocycles. The van der Waals surface area contributed by atoms with E-state index in [0.717, 1.165) is 180 Å². The van der Waals surface area contributed by atoms with Gasteiger partial charge in [0.1, 0.15) is 19.3 Å². The molecule has 19 heteroatoms. The molecule has 0 heterocycles. The molecule has 5 atom stereocenters. The number of phosphoric acid groups is 2. The molecule has 0 radical (unpaired) electrons. The molecule has 3 N–H and O–H groups in total. The number of hydrogen-bond donors (Lipinski definition) is 3. The van der Waals surface area contributed by atoms with Gasteiger partial charge in [0.2, 0.25) is 0 Å². The summed E-state index contributed by atoms with van der Waals surface area (Å²) >= 11 is 0. The summed E-state index contributed by atoms with van der Waals surface area (Å²) in [7, 11) is -9.95. The minimum atomic E-state index is -4.98. The van der Waals surface area contributed by atoms with Crippen LogP contribution in [0.3, 0.4) is 0 Å². The fourth-order valence-corrected chi connectivity index (χ4v) is 11.6. The Kier molecular flexibility index (Phi) is 67.0. The Morgan fingerprint density at radius 3 is 0.896 bits per heavy atom. The summed E-state index contributed by atoms with van der Waals surface area (Å²) in [6, 6.07) is 0. The average molecular weight is 1400 g/mol. The van der Waals surface area contributed by atoms with Gasteiger partial charge in [0.25, 0.3) is 0 Å². The normalized spacial score (nSPS) is 14.4. The molecule has 0 aliphatic rings. The van der Waals surface area contributed by atoms with Gasteiger partial charge in [-0.1, -0.05) is 248 Å². The maximum atomic E-state index is 13.1. The predicted octanol–water partition coefficient (Wildman–Crippen LogP) is 21.4. The first-order valence-corrected chi connectivity index (χ1v) is 40.8. The highest BCUT2D eigenvalue weighted by atomic mass is 31.2. The number of ether oxygens (including phenoxy) is 4. The molecule has 0 bridgehead atoms. The zero-order chi connectivity index (χ0) is 70.4. The molecule has 556 valence electrons. The fourth-order valence-electron chi connectivity index (χ4n) is 10.0. The van der Waals surface area contributed by atoms with E-state index in [9.17, 15) is 43.2 Å². The third-order valence-corrected chi connectivity index (χ3v) is 17.7. The number of allylic oxidation sites excluding steroid dienone is 14. The van der Waals surface area contributed by atoms with Gasteiger partial charge in [-0.25, -0.2) is 9.13 Å². The van der Waals surface area contributed by atoms with Gasteiger partial charge < -0.3 is 33.8 Å². The molecule has 5 unspecified atom stereocenters. The van der Waals surface area contributed by atoms with Gasteiger partial charge in [-0.15, -0.1) is 0 Å². The van der Waals surface area contributed by atoms with Crippen molar-refractivity contribution in [2.24, 2.45) is 0 Å². The molecule has 96 heavy (non-hydrogen) atoms. The number of rotatable bonds is 71. The Balaban J connectivity index is 5.35. The highest BCUT2D eigenvalue weighted by Crippen LogP contribution is 2.45. The van der Waals surface area contributed by atoms with Gasteiger partial charge in [-0.05, 0) is 135 Å². The van der Waals surface area contributed by atoms with E-state index in [1.54, 1.807) is 0 Å². The predicted molar refractivity (Wildman–Crippen MR) is 390 cm³/mol. The Bertz CT molecular complexity index is 2160. The van der Waals surface area contributed by atoms with Crippen LogP contribution in [0.15, 0.2) is 85.1 Å². The summed E-state index contributed by atoms with van der Waals surface area (Å²) in [5, 5.41) is 10.6. The zero-order valence-electron chi connectivity index (χ0n) is 60.5. The number of unbranched alkanes of at least 4 members (excludes halogenated alkanes) is 31. The maximum Gasteiger partial charge on any atom is 0.472 e. The van der Waals surface area contributed by atoms with Crippen LogP contribution in [0.4, 0.5) is 0 Å². The molecule has 0 aromatic rings. The topological polar surface area (TPSA) is 237 Å². The van der Waals surface area contributed by atoms with Crippen LogP contribution >= 0.6 is 15.6 Å². The van der Waals surface area contributed by atoms with Gasteiger partial charge >= 0.3 is 39.5 Å². The smallest absolute Gasteiger partial charge is 0.462 e. The van der Waals surface area contributed by atoms with E-state index in [0.29, 0.717) is 25.7 Å². The molecular formula is C77H136O17P2. The summed E-state index contributed by atoms with van der Waals surface area (Å²) in [4.78, 5) is 72.8. The lowest BCUT2D eigenvalue weighted by atomic mass is 10.1. The van der Waals surface area contributed by atoms with Crippen LogP contribution < -0.4 is 0 Å². The first kappa shape index (κ1) is 92.2. The highest BCUT2D eigenvalue weighted by Gasteiger charge is 2.30. The van der Waals surface area contributed by atoms with Crippen molar-refractivity contribution in [1.82, 2.24) is 0 Å². The Morgan fingerprint density at radius 1 is 0.302 bits per heavy atom. The second-order valence-corrected chi connectivity index (χ2v) is 28.1. The molecule has 17 nitrogen and oxygen atoms in total. The molecule has 0 spiro atoms. The van der Waals surface area contributed by atoms with E-state index >= 15 is 0 Å². The summed E-state index contributed by atoms with van der Waals surface area (Å²) in [5.74, 6) is -2.21. The van der Waals surface area contributed by atoms with Crippen molar-refractivity contribution in [1.29, 1.82) is 0 Å². The average Bonchev–Trinajstić information content (AvgIpc) is 1.14. The zero-order valence-corrected chi connectivity index (χ0v) is 62.3. The summed E-state index contributed by atoms with van der Waals surface area (Å²) < 4.78 is 68.4. The Labute approximate surface area is 583 Å². The van der Waals surface area contributed by atoms with Gasteiger partial charge in [-0.3, -0.25) is 37.3 Å². The maximum absolute atomic E-state index is 13.1. The van der Waals surface area contributed by atoms with E-state index < -0.39 is 97.5 Å². The number of carbonyl (C=O) groups excluding carboxylic acids is 4. The number of esters is 4. The van der Waals surface area contributed by atoms with Crippen LogP contribution in [0.1, 0.15) is 323 Å². The van der Waals surface area contributed by atoms with E-state index in [1.165, 1.54) is 64.2 Å². The van der Waals surface area contributed by atoms with Crippen molar-refractivity contribution in [3.8, 4) is 0 Å². The number of hydrogen-bond acceptors (Lipinski definition) is 15. The fraction of sp³-hybridized carbons (Fsp3) is 0.766. The Morgan fingerprint density at radius 2 is 0.562 bits per heavy atom. The molecule has 0 aliphatic heterocycles. The van der Waals surface area contributed by atoms with Gasteiger partial charge in [0.15, 0.2) is 12.2 Å². The molecule has 0 rings (SSSR count). The van der Waals surface area contributed by atoms with Crippen molar-refractivity contribution in [3.05, 3.63) is 85.1 Å². The number of phosphoric ester groups is 2. The van der Waals surface area contributed by atoms with Crippen molar-refractivity contribution < 1.29 is 80.2 Å². The summed E-state index contributed by atoms with van der Waals surface area (Å²) in [5.41, 5.74) is 0. The third-order valence-electron chi connectivity index (χ3n) is 15.8. The molecule has 0 aromatic heterocycles. The number of carbonyl (C=O) groups is 4. The summed E-state index contributed by atoms with van der Waals surface area (Å²) in [6.45, 7) is 4.64. The first-order valence-electron chi connectivity index (χ1n) is 37.8. The highest BCUT2D eigenvalue weighted by molar-refractivity contribution is 7.47. The molecule has 0 aliphatic carbocycles. The third kappa shape index (κ3) is 68.8. The molecule has 0 aromatic carbocycles. The SMILES string of the molecule is CC/C=C\C/C=C\C/C=C\CCCCCCCC(=O)OCC(COP(=O)(O)OCC(O)COP(=O)(O)OCC(COC(=O)CCCCCCC/C=C\CCCCCCCC)OC(=O)CCCCCCC/C=C\CCCCCC)OC(=O)CCCCCCC/C=C\C/C=C\CCC. The van der Waals surface area contributed by atoms with Crippen LogP contribution in [-0.2, 0) is 65.4 Å². The number of aliphatic hydroxyl groups is 1. The first-order chi connectivity index (χ1) is 46.7. The van der Waals surface area contributed by atoms with Crippen LogP contribution in [0, 0.1) is 0 Å². The minimum Gasteiger partial charge on any atom is -0.462 e. The van der Waals surface area contributed by atoms with Crippen molar-refractivity contribution >= 4 is 39.5 Å². The Hall–Kier alpha value is -3.76. The van der Waals surface area contributed by atoms with Crippen LogP contribution in [0.25, 0.3) is 0 Å². The van der Waals surface area contributed by atoms with E-state index in [-0.39, 0.29) is 25.7 Å². The lowest BCUT2D eigenvalue weighted by Gasteiger charge is -2.21. The van der Waals surface area contributed by atoms with Gasteiger partial charge in [0.05, 0.1) is 26.4 Å². The lowest BCUT2D eigenvalue weighted by Crippen LogP contribution is -2.30. The van der Waals surface area contributed by atoms with E-state index in [4.69, 9.17) is 37.0 Å². The van der Waals surface area contributed by atoms with Crippen molar-refractivity contribution in [3.63, 3.8) is 0 Å². The number of aliphatic hydroxyl groups excluding tert-OH is 1. The van der Waals surface area contributed by atoms with Crippen LogP contribution in [0.2, 0.25) is 0 Å². The molecular weight excluding hydrogens is 1260 g/mol. The van der Waals surface area contributed by atoms with E-state index in [2.05, 4.69) is 113 Å². The van der Waals surface area contributed by atoms with Gasteiger partial charge in [-0.2, -0.15) is 0 Å². The second kappa shape index (κ2) is 69.7. The van der Waals surface area contributed by atoms with Crippen LogP contribution in [-0.4, -0.2) is 96.7 Å². The van der Waals surface area contributed by atoms with Gasteiger partial charge in [0, 0.05) is 25.7 Å². The summed E-state index contributed by atoms with van der Waals surface area (Å²) in [6.07, 6.45) is 70.0. The van der Waals surface area contributed by atoms with Crippen molar-refractivity contribution in [2.75, 3.05) is 39.6 Å². The molecule has 0 saturated carbocycles. The van der Waals surface area contributed by atoms with E-state index in [1.807, 2.05) is 0 Å². The van der Waals surface area contributed by atoms with Crippen molar-refractivity contribution in [2.45, 2.75) is 341 Å². The largest absolute Gasteiger partial charge is 0.472 e. The molecule has 0 fully saturated rings. The quantitative estimate of drug-likeness (QED) is 0.0169. The second-order valence-electron chi connectivity index (χ2n) is 25.2.